The van der Waals surface area contributed by atoms with Crippen LogP contribution in [0.4, 0.5) is 4.39 Å². The molecule has 1 heterocycles. The number of carbonyl (C=O) groups excluding carboxylic acids is 1. The zero-order valence-corrected chi connectivity index (χ0v) is 8.21. The van der Waals surface area contributed by atoms with E-state index in [0.29, 0.717) is 9.26 Å². The molecule has 0 aromatic carbocycles. The molecule has 0 unspecified atom stereocenters. The van der Waals surface area contributed by atoms with E-state index in [9.17, 15) is 9.18 Å². The fourth-order valence-electron chi connectivity index (χ4n) is 0.732. The molecule has 0 aliphatic rings. The van der Waals surface area contributed by atoms with Crippen molar-refractivity contribution in [3.8, 4) is 0 Å². The summed E-state index contributed by atoms with van der Waals surface area (Å²) in [5, 5.41) is 0. The quantitative estimate of drug-likeness (QED) is 0.645. The molecule has 1 amide bonds. The van der Waals surface area contributed by atoms with Crippen molar-refractivity contribution in [2.45, 2.75) is 6.42 Å². The summed E-state index contributed by atoms with van der Waals surface area (Å²) in [6, 6.07) is 3.14. The maximum Gasteiger partial charge on any atom is 0.226 e. The van der Waals surface area contributed by atoms with Crippen molar-refractivity contribution >= 4 is 28.5 Å². The van der Waals surface area contributed by atoms with Crippen LogP contribution in [0.25, 0.3) is 0 Å². The van der Waals surface area contributed by atoms with Crippen molar-refractivity contribution in [3.63, 3.8) is 0 Å². The van der Waals surface area contributed by atoms with E-state index in [1.165, 1.54) is 0 Å². The molecule has 1 aromatic heterocycles. The summed E-state index contributed by atoms with van der Waals surface area (Å²) in [6.45, 7) is 0. The first kappa shape index (κ1) is 9.37. The van der Waals surface area contributed by atoms with Crippen LogP contribution in [0, 0.1) is 9.52 Å². The summed E-state index contributed by atoms with van der Waals surface area (Å²) < 4.78 is 13.2. The second-order valence-electron chi connectivity index (χ2n) is 2.22. The van der Waals surface area contributed by atoms with Gasteiger partial charge in [-0.15, -0.1) is 0 Å². The minimum absolute atomic E-state index is 0.0200. The number of pyridine rings is 1. The Labute approximate surface area is 82.3 Å². The molecule has 1 rings (SSSR count). The van der Waals surface area contributed by atoms with Crippen LogP contribution in [0.1, 0.15) is 5.69 Å². The summed E-state index contributed by atoms with van der Waals surface area (Å²) >= 11 is 1.82. The highest BCUT2D eigenvalue weighted by Crippen LogP contribution is 2.08. The average Bonchev–Trinajstić information content (AvgIpc) is 1.96. The van der Waals surface area contributed by atoms with Crippen molar-refractivity contribution < 1.29 is 9.18 Å². The number of aromatic nitrogens is 1. The van der Waals surface area contributed by atoms with Gasteiger partial charge in [0.1, 0.15) is 0 Å². The average molecular weight is 280 g/mol. The van der Waals surface area contributed by atoms with Gasteiger partial charge in [-0.25, -0.2) is 4.98 Å². The summed E-state index contributed by atoms with van der Waals surface area (Å²) in [7, 11) is 0. The highest BCUT2D eigenvalue weighted by Gasteiger charge is 2.04. The lowest BCUT2D eigenvalue weighted by molar-refractivity contribution is -0.117. The van der Waals surface area contributed by atoms with Gasteiger partial charge in [0, 0.05) is 0 Å². The van der Waals surface area contributed by atoms with Crippen molar-refractivity contribution in [3.05, 3.63) is 27.3 Å². The van der Waals surface area contributed by atoms with Crippen LogP contribution in [0.2, 0.25) is 0 Å². The molecule has 0 aliphatic heterocycles. The molecule has 1 aromatic rings. The second kappa shape index (κ2) is 3.79. The zero-order valence-electron chi connectivity index (χ0n) is 6.05. The van der Waals surface area contributed by atoms with E-state index in [1.54, 1.807) is 12.1 Å². The Bertz CT molecular complexity index is 316. The maximum atomic E-state index is 12.8. The topological polar surface area (TPSA) is 56.0 Å². The number of primary amides is 1. The lowest BCUT2D eigenvalue weighted by Gasteiger charge is -1.97. The lowest BCUT2D eigenvalue weighted by Crippen LogP contribution is -2.15. The third kappa shape index (κ3) is 2.40. The first-order chi connectivity index (χ1) is 5.59. The maximum absolute atomic E-state index is 12.8. The molecule has 0 aliphatic carbocycles. The molecular formula is C7H6FIN2O. The van der Waals surface area contributed by atoms with E-state index in [-0.39, 0.29) is 6.42 Å². The normalized spacial score (nSPS) is 9.83. The number of amides is 1. The molecule has 64 valence electrons. The SMILES string of the molecule is NC(=O)Cc1ccc(I)c(F)n1. The van der Waals surface area contributed by atoms with Gasteiger partial charge in [0.2, 0.25) is 11.9 Å². The van der Waals surface area contributed by atoms with E-state index in [0.717, 1.165) is 0 Å². The number of nitrogens with two attached hydrogens (primary N) is 1. The summed E-state index contributed by atoms with van der Waals surface area (Å²) in [6.07, 6.45) is -0.0200. The summed E-state index contributed by atoms with van der Waals surface area (Å²) in [5.74, 6) is -1.07. The van der Waals surface area contributed by atoms with Gasteiger partial charge in [-0.1, -0.05) is 0 Å². The fraction of sp³-hybridized carbons (Fsp3) is 0.143. The van der Waals surface area contributed by atoms with Crippen molar-refractivity contribution in [1.82, 2.24) is 4.98 Å². The van der Waals surface area contributed by atoms with E-state index < -0.39 is 11.9 Å². The monoisotopic (exact) mass is 280 g/mol. The molecule has 0 saturated carbocycles. The predicted octanol–water partition coefficient (Wildman–Crippen LogP) is 0.853. The van der Waals surface area contributed by atoms with Crippen LogP contribution in [0.3, 0.4) is 0 Å². The number of nitrogens with zero attached hydrogens (tertiary/aromatic N) is 1. The van der Waals surface area contributed by atoms with Gasteiger partial charge in [0.15, 0.2) is 0 Å². The number of hydrogen-bond donors (Lipinski definition) is 1. The van der Waals surface area contributed by atoms with Crippen LogP contribution in [-0.2, 0) is 11.2 Å². The van der Waals surface area contributed by atoms with E-state index in [4.69, 9.17) is 5.73 Å². The minimum Gasteiger partial charge on any atom is -0.369 e. The third-order valence-corrected chi connectivity index (χ3v) is 2.02. The number of hydrogen-bond acceptors (Lipinski definition) is 2. The van der Waals surface area contributed by atoms with E-state index >= 15 is 0 Å². The Morgan fingerprint density at radius 2 is 2.33 bits per heavy atom. The fourth-order valence-corrected chi connectivity index (χ4v) is 1.03. The van der Waals surface area contributed by atoms with Crippen LogP contribution in [-0.4, -0.2) is 10.9 Å². The highest BCUT2D eigenvalue weighted by atomic mass is 127. The number of carbonyl (C=O) groups is 1. The zero-order chi connectivity index (χ0) is 9.14. The molecule has 0 saturated heterocycles. The van der Waals surface area contributed by atoms with Crippen LogP contribution in [0.15, 0.2) is 12.1 Å². The van der Waals surface area contributed by atoms with Crippen molar-refractivity contribution in [2.24, 2.45) is 5.73 Å². The Morgan fingerprint density at radius 3 is 2.83 bits per heavy atom. The first-order valence-corrected chi connectivity index (χ1v) is 4.26. The van der Waals surface area contributed by atoms with E-state index in [2.05, 4.69) is 4.98 Å². The van der Waals surface area contributed by atoms with Gasteiger partial charge in [-0.05, 0) is 34.7 Å². The Hall–Kier alpha value is -0.720. The van der Waals surface area contributed by atoms with Crippen LogP contribution < -0.4 is 5.73 Å². The summed E-state index contributed by atoms with van der Waals surface area (Å²) in [4.78, 5) is 14.0. The molecule has 0 radical (unpaired) electrons. The highest BCUT2D eigenvalue weighted by molar-refractivity contribution is 14.1. The molecule has 3 nitrogen and oxygen atoms in total. The van der Waals surface area contributed by atoms with Crippen molar-refractivity contribution in [2.75, 3.05) is 0 Å². The van der Waals surface area contributed by atoms with Gasteiger partial charge in [0.25, 0.3) is 0 Å². The molecule has 0 fully saturated rings. The number of rotatable bonds is 2. The van der Waals surface area contributed by atoms with Crippen LogP contribution >= 0.6 is 22.6 Å². The van der Waals surface area contributed by atoms with Gasteiger partial charge in [-0.2, -0.15) is 4.39 Å². The molecule has 5 heteroatoms. The first-order valence-electron chi connectivity index (χ1n) is 3.19. The molecule has 0 atom stereocenters. The van der Waals surface area contributed by atoms with Crippen molar-refractivity contribution in [1.29, 1.82) is 0 Å². The standard InChI is InChI=1S/C7H6FIN2O/c8-7-5(9)2-1-4(11-7)3-6(10)12/h1-2H,3H2,(H2,10,12). The van der Waals surface area contributed by atoms with Gasteiger partial charge in [0.05, 0.1) is 15.7 Å². The number of halogens is 2. The minimum atomic E-state index is -0.561. The molecule has 2 N–H and O–H groups in total. The second-order valence-corrected chi connectivity index (χ2v) is 3.38. The Kier molecular flexibility index (Phi) is 2.96. The largest absolute Gasteiger partial charge is 0.369 e. The molecule has 0 spiro atoms. The smallest absolute Gasteiger partial charge is 0.226 e. The van der Waals surface area contributed by atoms with Gasteiger partial charge >= 0.3 is 0 Å². The molecule has 0 bridgehead atoms. The molecular weight excluding hydrogens is 274 g/mol. The Balaban J connectivity index is 2.89. The van der Waals surface area contributed by atoms with Gasteiger partial charge < -0.3 is 5.73 Å². The lowest BCUT2D eigenvalue weighted by atomic mass is 10.3. The Morgan fingerprint density at radius 1 is 1.67 bits per heavy atom. The van der Waals surface area contributed by atoms with Gasteiger partial charge in [-0.3, -0.25) is 4.79 Å². The summed E-state index contributed by atoms with van der Waals surface area (Å²) in [5.41, 5.74) is 5.27. The van der Waals surface area contributed by atoms with Crippen LogP contribution in [0.5, 0.6) is 0 Å². The third-order valence-electron chi connectivity index (χ3n) is 1.22. The predicted molar refractivity (Wildman–Crippen MR) is 49.8 cm³/mol. The van der Waals surface area contributed by atoms with E-state index in [1.807, 2.05) is 22.6 Å². The molecule has 12 heavy (non-hydrogen) atoms.